The maximum Gasteiger partial charge on any atom is 0.222 e. The number of rotatable bonds is 11. The van der Waals surface area contributed by atoms with Gasteiger partial charge in [0.2, 0.25) is 5.91 Å². The number of nitrogens with zero attached hydrogens (tertiary/aromatic N) is 1. The van der Waals surface area contributed by atoms with Gasteiger partial charge in [-0.05, 0) is 20.3 Å². The Hall–Kier alpha value is -0.570. The molecule has 0 aromatic heterocycles. The smallest absolute Gasteiger partial charge is 0.222 e. The minimum atomic E-state index is 0.0565. The second-order valence-corrected chi connectivity index (χ2v) is 5.28. The Morgan fingerprint density at radius 3 is 2.11 bits per heavy atom. The fourth-order valence-corrected chi connectivity index (χ4v) is 2.16. The van der Waals surface area contributed by atoms with Crippen LogP contribution >= 0.6 is 0 Å². The van der Waals surface area contributed by atoms with Crippen LogP contribution in [0.1, 0.15) is 72.1 Å². The molecule has 0 aliphatic rings. The fourth-order valence-electron chi connectivity index (χ4n) is 2.16. The van der Waals surface area contributed by atoms with Crippen molar-refractivity contribution in [2.24, 2.45) is 0 Å². The summed E-state index contributed by atoms with van der Waals surface area (Å²) < 4.78 is 0. The maximum atomic E-state index is 11.9. The van der Waals surface area contributed by atoms with Crippen molar-refractivity contribution >= 4 is 5.91 Å². The lowest BCUT2D eigenvalue weighted by molar-refractivity contribution is -0.133. The molecule has 0 unspecified atom stereocenters. The molecule has 0 saturated heterocycles. The van der Waals surface area contributed by atoms with Gasteiger partial charge in [0.05, 0.1) is 6.61 Å². The summed E-state index contributed by atoms with van der Waals surface area (Å²) >= 11 is 0. The lowest BCUT2D eigenvalue weighted by atomic mass is 10.1. The largest absolute Gasteiger partial charge is 0.395 e. The van der Waals surface area contributed by atoms with Gasteiger partial charge in [-0.15, -0.1) is 0 Å². The van der Waals surface area contributed by atoms with E-state index in [1.165, 1.54) is 32.1 Å². The van der Waals surface area contributed by atoms with Crippen LogP contribution in [-0.4, -0.2) is 35.1 Å². The Morgan fingerprint density at radius 1 is 1.06 bits per heavy atom. The van der Waals surface area contributed by atoms with Crippen molar-refractivity contribution in [2.45, 2.75) is 78.2 Å². The van der Waals surface area contributed by atoms with Crippen LogP contribution in [0.4, 0.5) is 0 Å². The van der Waals surface area contributed by atoms with Crippen molar-refractivity contribution in [3.63, 3.8) is 0 Å². The molecule has 0 aliphatic carbocycles. The number of carbonyl (C=O) groups is 1. The summed E-state index contributed by atoms with van der Waals surface area (Å²) in [5.74, 6) is 0.188. The van der Waals surface area contributed by atoms with Gasteiger partial charge in [-0.25, -0.2) is 0 Å². The molecule has 18 heavy (non-hydrogen) atoms. The van der Waals surface area contributed by atoms with E-state index in [1.54, 1.807) is 4.90 Å². The van der Waals surface area contributed by atoms with E-state index in [1.807, 2.05) is 13.8 Å². The van der Waals surface area contributed by atoms with Crippen LogP contribution in [0.2, 0.25) is 0 Å². The highest BCUT2D eigenvalue weighted by Crippen LogP contribution is 2.10. The first-order valence-corrected chi connectivity index (χ1v) is 7.53. The Balaban J connectivity index is 3.61. The van der Waals surface area contributed by atoms with Crippen molar-refractivity contribution in [3.8, 4) is 0 Å². The van der Waals surface area contributed by atoms with Gasteiger partial charge in [0.15, 0.2) is 0 Å². The molecule has 0 saturated carbocycles. The van der Waals surface area contributed by atoms with Crippen LogP contribution in [0.15, 0.2) is 0 Å². The summed E-state index contributed by atoms with van der Waals surface area (Å²) in [7, 11) is 0. The number of hydrogen-bond donors (Lipinski definition) is 1. The number of hydrogen-bond acceptors (Lipinski definition) is 2. The number of unbranched alkanes of at least 4 members (excludes halogenated alkanes) is 6. The zero-order valence-electron chi connectivity index (χ0n) is 12.5. The van der Waals surface area contributed by atoms with Crippen LogP contribution in [0.5, 0.6) is 0 Å². The van der Waals surface area contributed by atoms with Crippen molar-refractivity contribution in [1.29, 1.82) is 0 Å². The molecule has 1 amide bonds. The predicted molar refractivity (Wildman–Crippen MR) is 76.5 cm³/mol. The minimum absolute atomic E-state index is 0.0565. The van der Waals surface area contributed by atoms with Crippen molar-refractivity contribution < 1.29 is 9.90 Å². The second kappa shape index (κ2) is 11.5. The second-order valence-electron chi connectivity index (χ2n) is 5.28. The average Bonchev–Trinajstić information content (AvgIpc) is 2.34. The first kappa shape index (κ1) is 17.4. The fraction of sp³-hybridized carbons (Fsp3) is 0.933. The van der Waals surface area contributed by atoms with E-state index in [9.17, 15) is 4.79 Å². The quantitative estimate of drug-likeness (QED) is 0.577. The van der Waals surface area contributed by atoms with Gasteiger partial charge in [0.25, 0.3) is 0 Å². The zero-order valence-corrected chi connectivity index (χ0v) is 12.5. The van der Waals surface area contributed by atoms with Gasteiger partial charge < -0.3 is 10.0 Å². The molecule has 3 nitrogen and oxygen atoms in total. The topological polar surface area (TPSA) is 40.5 Å². The number of amides is 1. The lowest BCUT2D eigenvalue weighted by Crippen LogP contribution is -2.38. The van der Waals surface area contributed by atoms with Gasteiger partial charge in [0.1, 0.15) is 0 Å². The van der Waals surface area contributed by atoms with Crippen LogP contribution in [0.3, 0.4) is 0 Å². The highest BCUT2D eigenvalue weighted by atomic mass is 16.3. The zero-order chi connectivity index (χ0) is 13.8. The van der Waals surface area contributed by atoms with Gasteiger partial charge in [0, 0.05) is 19.0 Å². The van der Waals surface area contributed by atoms with Crippen molar-refractivity contribution in [1.82, 2.24) is 4.90 Å². The number of aliphatic hydroxyl groups is 1. The lowest BCUT2D eigenvalue weighted by Gasteiger charge is -2.26. The van der Waals surface area contributed by atoms with Crippen LogP contribution < -0.4 is 0 Å². The predicted octanol–water partition coefficient (Wildman–Crippen LogP) is 3.36. The highest BCUT2D eigenvalue weighted by Gasteiger charge is 2.15. The molecule has 0 aromatic rings. The normalized spacial score (nSPS) is 10.9. The minimum Gasteiger partial charge on any atom is -0.395 e. The Bertz CT molecular complexity index is 205. The molecular formula is C15H31NO2. The van der Waals surface area contributed by atoms with E-state index in [4.69, 9.17) is 5.11 Å². The maximum absolute atomic E-state index is 11.9. The van der Waals surface area contributed by atoms with E-state index in [2.05, 4.69) is 6.92 Å². The molecule has 3 heteroatoms. The van der Waals surface area contributed by atoms with Gasteiger partial charge in [-0.3, -0.25) is 4.79 Å². The third-order valence-electron chi connectivity index (χ3n) is 3.28. The first-order chi connectivity index (χ1) is 8.63. The summed E-state index contributed by atoms with van der Waals surface area (Å²) in [5, 5.41) is 8.93. The molecule has 0 atom stereocenters. The van der Waals surface area contributed by atoms with E-state index < -0.39 is 0 Å². The Kier molecular flexibility index (Phi) is 11.2. The molecule has 0 radical (unpaired) electrons. The molecule has 108 valence electrons. The van der Waals surface area contributed by atoms with Gasteiger partial charge in [-0.1, -0.05) is 45.4 Å². The molecule has 0 bridgehead atoms. The standard InChI is InChI=1S/C15H31NO2/c1-4-5-6-7-8-9-10-11-15(18)16(12-13-17)14(2)3/h14,17H,4-13H2,1-3H3. The third-order valence-corrected chi connectivity index (χ3v) is 3.28. The summed E-state index contributed by atoms with van der Waals surface area (Å²) in [6.45, 7) is 6.74. The number of carbonyl (C=O) groups excluding carboxylic acids is 1. The Labute approximate surface area is 113 Å². The summed E-state index contributed by atoms with van der Waals surface area (Å²) in [6, 6.07) is 0.189. The number of aliphatic hydroxyl groups excluding tert-OH is 1. The first-order valence-electron chi connectivity index (χ1n) is 7.53. The molecule has 0 rings (SSSR count). The average molecular weight is 257 g/mol. The summed E-state index contributed by atoms with van der Waals surface area (Å²) in [6.07, 6.45) is 9.25. The molecule has 0 fully saturated rings. The van der Waals surface area contributed by atoms with Crippen LogP contribution in [-0.2, 0) is 4.79 Å². The van der Waals surface area contributed by atoms with E-state index in [0.29, 0.717) is 13.0 Å². The van der Waals surface area contributed by atoms with Crippen LogP contribution in [0.25, 0.3) is 0 Å². The molecule has 0 aliphatic heterocycles. The third kappa shape index (κ3) is 8.51. The van der Waals surface area contributed by atoms with Crippen LogP contribution in [0, 0.1) is 0 Å². The Morgan fingerprint density at radius 2 is 1.61 bits per heavy atom. The molecule has 0 spiro atoms. The van der Waals surface area contributed by atoms with Gasteiger partial charge >= 0.3 is 0 Å². The SMILES string of the molecule is CCCCCCCCCC(=O)N(CCO)C(C)C. The summed E-state index contributed by atoms with van der Waals surface area (Å²) in [5.41, 5.74) is 0. The van der Waals surface area contributed by atoms with Crippen molar-refractivity contribution in [2.75, 3.05) is 13.2 Å². The highest BCUT2D eigenvalue weighted by molar-refractivity contribution is 5.76. The van der Waals surface area contributed by atoms with E-state index in [0.717, 1.165) is 12.8 Å². The van der Waals surface area contributed by atoms with Crippen molar-refractivity contribution in [3.05, 3.63) is 0 Å². The molecule has 0 heterocycles. The monoisotopic (exact) mass is 257 g/mol. The van der Waals surface area contributed by atoms with E-state index in [-0.39, 0.29) is 18.6 Å². The van der Waals surface area contributed by atoms with E-state index >= 15 is 0 Å². The molecule has 0 aromatic carbocycles. The summed E-state index contributed by atoms with van der Waals surface area (Å²) in [4.78, 5) is 13.7. The van der Waals surface area contributed by atoms with Gasteiger partial charge in [-0.2, -0.15) is 0 Å². The molecular weight excluding hydrogens is 226 g/mol. The molecule has 1 N–H and O–H groups in total.